The maximum Gasteiger partial charge on any atom is 0.356 e. The van der Waals surface area contributed by atoms with E-state index in [-0.39, 0.29) is 5.69 Å². The Kier molecular flexibility index (Phi) is 4.24. The molecule has 0 saturated carbocycles. The third-order valence-electron chi connectivity index (χ3n) is 3.72. The lowest BCUT2D eigenvalue weighted by Crippen LogP contribution is -2.06. The predicted octanol–water partition coefficient (Wildman–Crippen LogP) is 3.91. The van der Waals surface area contributed by atoms with Crippen LogP contribution in [0.1, 0.15) is 21.6 Å². The van der Waals surface area contributed by atoms with Gasteiger partial charge in [0.05, 0.1) is 12.6 Å². The summed E-state index contributed by atoms with van der Waals surface area (Å²) in [6.45, 7) is 2.48. The molecule has 1 heterocycles. The summed E-state index contributed by atoms with van der Waals surface area (Å²) in [4.78, 5) is 16.1. The lowest BCUT2D eigenvalue weighted by molar-refractivity contribution is 0.0594. The van der Waals surface area contributed by atoms with Crippen molar-refractivity contribution >= 4 is 16.9 Å². The molecule has 0 atom stereocenters. The standard InChI is InChI=1S/C19H17NO3/c1-13-7-3-4-8-14(13)12-23-18-11-17(19(21)22-2)20-16-10-6-5-9-15(16)18/h3-11H,12H2,1-2H3. The number of aromatic nitrogens is 1. The molecule has 0 radical (unpaired) electrons. The van der Waals surface area contributed by atoms with E-state index in [2.05, 4.69) is 4.98 Å². The average molecular weight is 307 g/mol. The van der Waals surface area contributed by atoms with Crippen molar-refractivity contribution in [2.45, 2.75) is 13.5 Å². The van der Waals surface area contributed by atoms with Gasteiger partial charge in [-0.05, 0) is 30.2 Å². The molecule has 2 aromatic carbocycles. The minimum Gasteiger partial charge on any atom is -0.488 e. The Labute approximate surface area is 134 Å². The van der Waals surface area contributed by atoms with E-state index in [1.807, 2.05) is 55.5 Å². The number of rotatable bonds is 4. The summed E-state index contributed by atoms with van der Waals surface area (Å²) in [7, 11) is 1.34. The molecular weight excluding hydrogens is 290 g/mol. The average Bonchev–Trinajstić information content (AvgIpc) is 2.59. The number of benzene rings is 2. The van der Waals surface area contributed by atoms with Crippen molar-refractivity contribution < 1.29 is 14.3 Å². The molecule has 4 heteroatoms. The number of hydrogen-bond acceptors (Lipinski definition) is 4. The van der Waals surface area contributed by atoms with Crippen LogP contribution in [0.3, 0.4) is 0 Å². The minimum absolute atomic E-state index is 0.242. The molecule has 0 aliphatic carbocycles. The van der Waals surface area contributed by atoms with Crippen LogP contribution < -0.4 is 4.74 Å². The van der Waals surface area contributed by atoms with E-state index in [0.29, 0.717) is 17.9 Å². The summed E-state index contributed by atoms with van der Waals surface area (Å²) in [6.07, 6.45) is 0. The quantitative estimate of drug-likeness (QED) is 0.686. The number of methoxy groups -OCH3 is 1. The van der Waals surface area contributed by atoms with Gasteiger partial charge in [0.2, 0.25) is 0 Å². The van der Waals surface area contributed by atoms with E-state index in [0.717, 1.165) is 10.9 Å². The van der Waals surface area contributed by atoms with E-state index in [1.165, 1.54) is 12.7 Å². The monoisotopic (exact) mass is 307 g/mol. The fraction of sp³-hybridized carbons (Fsp3) is 0.158. The first-order valence-electron chi connectivity index (χ1n) is 7.34. The van der Waals surface area contributed by atoms with Gasteiger partial charge in [0.1, 0.15) is 12.4 Å². The molecule has 0 fully saturated rings. The van der Waals surface area contributed by atoms with Crippen LogP contribution in [0.25, 0.3) is 10.9 Å². The van der Waals surface area contributed by atoms with Crippen molar-refractivity contribution in [3.05, 3.63) is 71.4 Å². The van der Waals surface area contributed by atoms with Gasteiger partial charge in [0, 0.05) is 11.5 Å². The number of carbonyl (C=O) groups excluding carboxylic acids is 1. The first-order chi connectivity index (χ1) is 11.2. The topological polar surface area (TPSA) is 48.4 Å². The summed E-state index contributed by atoms with van der Waals surface area (Å²) >= 11 is 0. The second kappa shape index (κ2) is 6.48. The fourth-order valence-electron chi connectivity index (χ4n) is 2.40. The molecule has 0 saturated heterocycles. The molecule has 23 heavy (non-hydrogen) atoms. The van der Waals surface area contributed by atoms with Gasteiger partial charge in [-0.15, -0.1) is 0 Å². The van der Waals surface area contributed by atoms with E-state index in [9.17, 15) is 4.79 Å². The van der Waals surface area contributed by atoms with Gasteiger partial charge in [-0.3, -0.25) is 0 Å². The van der Waals surface area contributed by atoms with Crippen LogP contribution >= 0.6 is 0 Å². The summed E-state index contributed by atoms with van der Waals surface area (Å²) in [5, 5.41) is 0.869. The van der Waals surface area contributed by atoms with E-state index < -0.39 is 5.97 Å². The van der Waals surface area contributed by atoms with Crippen LogP contribution in [0.2, 0.25) is 0 Å². The molecule has 116 valence electrons. The third-order valence-corrected chi connectivity index (χ3v) is 3.72. The van der Waals surface area contributed by atoms with Crippen LogP contribution in [-0.4, -0.2) is 18.1 Å². The van der Waals surface area contributed by atoms with Crippen LogP contribution in [-0.2, 0) is 11.3 Å². The number of hydrogen-bond donors (Lipinski definition) is 0. The number of fused-ring (bicyclic) bond motifs is 1. The molecule has 0 bridgehead atoms. The summed E-state index contributed by atoms with van der Waals surface area (Å²) in [5.41, 5.74) is 3.22. The van der Waals surface area contributed by atoms with Gasteiger partial charge in [-0.2, -0.15) is 0 Å². The highest BCUT2D eigenvalue weighted by atomic mass is 16.5. The van der Waals surface area contributed by atoms with Crippen molar-refractivity contribution in [1.82, 2.24) is 4.98 Å². The summed E-state index contributed by atoms with van der Waals surface area (Å²) < 4.78 is 10.7. The Morgan fingerprint density at radius 1 is 1.09 bits per heavy atom. The molecule has 0 aliphatic rings. The number of pyridine rings is 1. The molecule has 3 rings (SSSR count). The van der Waals surface area contributed by atoms with E-state index in [1.54, 1.807) is 6.07 Å². The zero-order valence-electron chi connectivity index (χ0n) is 13.1. The smallest absolute Gasteiger partial charge is 0.356 e. The van der Waals surface area contributed by atoms with Gasteiger partial charge >= 0.3 is 5.97 Å². The van der Waals surface area contributed by atoms with E-state index >= 15 is 0 Å². The number of carbonyl (C=O) groups is 1. The second-order valence-electron chi connectivity index (χ2n) is 5.23. The largest absolute Gasteiger partial charge is 0.488 e. The second-order valence-corrected chi connectivity index (χ2v) is 5.23. The Morgan fingerprint density at radius 3 is 2.61 bits per heavy atom. The van der Waals surface area contributed by atoms with Crippen molar-refractivity contribution in [1.29, 1.82) is 0 Å². The third kappa shape index (κ3) is 3.16. The van der Waals surface area contributed by atoms with Gasteiger partial charge in [-0.1, -0.05) is 36.4 Å². The number of para-hydroxylation sites is 1. The predicted molar refractivity (Wildman–Crippen MR) is 88.6 cm³/mol. The lowest BCUT2D eigenvalue weighted by atomic mass is 10.1. The highest BCUT2D eigenvalue weighted by Crippen LogP contribution is 2.26. The Balaban J connectivity index is 1.98. The molecule has 0 aliphatic heterocycles. The minimum atomic E-state index is -0.475. The Morgan fingerprint density at radius 2 is 1.83 bits per heavy atom. The maximum atomic E-state index is 11.8. The Bertz CT molecular complexity index is 858. The molecule has 0 amide bonds. The van der Waals surface area contributed by atoms with Crippen molar-refractivity contribution in [3.63, 3.8) is 0 Å². The molecule has 4 nitrogen and oxygen atoms in total. The highest BCUT2D eigenvalue weighted by molar-refractivity contribution is 5.93. The van der Waals surface area contributed by atoms with Gasteiger partial charge in [0.25, 0.3) is 0 Å². The molecular formula is C19H17NO3. The first kappa shape index (κ1) is 15.0. The van der Waals surface area contributed by atoms with Crippen LogP contribution in [0.15, 0.2) is 54.6 Å². The van der Waals surface area contributed by atoms with Crippen molar-refractivity contribution in [3.8, 4) is 5.75 Å². The molecule has 0 spiro atoms. The number of nitrogens with zero attached hydrogens (tertiary/aromatic N) is 1. The fourth-order valence-corrected chi connectivity index (χ4v) is 2.40. The Hall–Kier alpha value is -2.88. The van der Waals surface area contributed by atoms with Crippen molar-refractivity contribution in [2.75, 3.05) is 7.11 Å². The summed E-state index contributed by atoms with van der Waals surface area (Å²) in [6, 6.07) is 17.3. The summed E-state index contributed by atoms with van der Waals surface area (Å²) in [5.74, 6) is 0.149. The lowest BCUT2D eigenvalue weighted by Gasteiger charge is -2.12. The number of esters is 1. The normalized spacial score (nSPS) is 10.5. The van der Waals surface area contributed by atoms with Gasteiger partial charge < -0.3 is 9.47 Å². The zero-order chi connectivity index (χ0) is 16.2. The molecule has 3 aromatic rings. The number of aryl methyl sites for hydroxylation is 1. The molecule has 1 aromatic heterocycles. The highest BCUT2D eigenvalue weighted by Gasteiger charge is 2.13. The SMILES string of the molecule is COC(=O)c1cc(OCc2ccccc2C)c2ccccc2n1. The van der Waals surface area contributed by atoms with Crippen LogP contribution in [0, 0.1) is 6.92 Å². The number of ether oxygens (including phenoxy) is 2. The van der Waals surface area contributed by atoms with Gasteiger partial charge in [-0.25, -0.2) is 9.78 Å². The van der Waals surface area contributed by atoms with Gasteiger partial charge in [0.15, 0.2) is 5.69 Å². The first-order valence-corrected chi connectivity index (χ1v) is 7.34. The molecule has 0 unspecified atom stereocenters. The van der Waals surface area contributed by atoms with Crippen molar-refractivity contribution in [2.24, 2.45) is 0 Å². The molecule has 0 N–H and O–H groups in total. The van der Waals surface area contributed by atoms with Crippen LogP contribution in [0.5, 0.6) is 5.75 Å². The van der Waals surface area contributed by atoms with E-state index in [4.69, 9.17) is 9.47 Å². The maximum absolute atomic E-state index is 11.8. The van der Waals surface area contributed by atoms with Crippen LogP contribution in [0.4, 0.5) is 0 Å². The zero-order valence-corrected chi connectivity index (χ0v) is 13.1.